The van der Waals surface area contributed by atoms with E-state index in [0.29, 0.717) is 22.6 Å². The Kier molecular flexibility index (Phi) is 5.65. The van der Waals surface area contributed by atoms with Crippen LogP contribution in [-0.4, -0.2) is 46.2 Å². The number of fused-ring (bicyclic) bond motifs is 4. The first-order chi connectivity index (χ1) is 17.0. The minimum Gasteiger partial charge on any atom is -0.481 e. The molecule has 3 N–H and O–H groups in total. The Hall–Kier alpha value is -3.10. The molecule has 7 rings (SSSR count). The summed E-state index contributed by atoms with van der Waals surface area (Å²) in [6.45, 7) is 0. The normalized spacial score (nSPS) is 23.9. The first-order valence-corrected chi connectivity index (χ1v) is 12.9. The minimum atomic E-state index is -0.759. The molecule has 0 aromatic carbocycles. The number of aromatic amines is 1. The molecule has 0 amide bonds. The summed E-state index contributed by atoms with van der Waals surface area (Å²) in [5, 5.41) is 13.3. The third-order valence-electron chi connectivity index (χ3n) is 7.14. The van der Waals surface area contributed by atoms with E-state index in [1.807, 2.05) is 0 Å². The number of hydrogen-bond acceptors (Lipinski definition) is 6. The Bertz CT molecular complexity index is 1400. The van der Waals surface area contributed by atoms with Gasteiger partial charge in [-0.3, -0.25) is 4.79 Å². The number of halogens is 2. The number of carboxylic acids is 1. The Labute approximate surface area is 206 Å². The Morgan fingerprint density at radius 2 is 1.91 bits per heavy atom. The summed E-state index contributed by atoms with van der Waals surface area (Å²) >= 11 is 6.06. The molecule has 12 heteroatoms. The number of carboxylic acid groups (broad SMARTS) is 1. The van der Waals surface area contributed by atoms with Crippen LogP contribution in [0.3, 0.4) is 0 Å². The van der Waals surface area contributed by atoms with Crippen LogP contribution in [0.15, 0.2) is 36.9 Å². The van der Waals surface area contributed by atoms with Gasteiger partial charge in [0.25, 0.3) is 0 Å². The molecule has 0 aliphatic heterocycles. The summed E-state index contributed by atoms with van der Waals surface area (Å²) in [5.74, 6) is -0.890. The Morgan fingerprint density at radius 3 is 2.66 bits per heavy atom. The summed E-state index contributed by atoms with van der Waals surface area (Å²) in [6, 6.07) is 3.56. The molecule has 35 heavy (non-hydrogen) atoms. The van der Waals surface area contributed by atoms with Gasteiger partial charge >= 0.3 is 5.97 Å². The maximum atomic E-state index is 15.7. The van der Waals surface area contributed by atoms with Gasteiger partial charge in [0, 0.05) is 24.2 Å². The molecule has 0 saturated heterocycles. The first kappa shape index (κ1) is 22.4. The molecule has 180 valence electrons. The lowest BCUT2D eigenvalue weighted by molar-refractivity contribution is -0.147. The second kappa shape index (κ2) is 8.84. The van der Waals surface area contributed by atoms with Crippen LogP contribution in [0.5, 0.6) is 0 Å². The van der Waals surface area contributed by atoms with Gasteiger partial charge in [-0.2, -0.15) is 4.39 Å². The van der Waals surface area contributed by atoms with Crippen molar-refractivity contribution >= 4 is 43.3 Å². The molecule has 0 spiro atoms. The zero-order valence-electron chi connectivity index (χ0n) is 18.4. The molecule has 2 bridgehead atoms. The van der Waals surface area contributed by atoms with Crippen molar-refractivity contribution in [3.05, 3.63) is 47.9 Å². The first-order valence-electron chi connectivity index (χ1n) is 11.4. The van der Waals surface area contributed by atoms with Crippen molar-refractivity contribution in [3.63, 3.8) is 0 Å². The van der Waals surface area contributed by atoms with E-state index < -0.39 is 17.7 Å². The van der Waals surface area contributed by atoms with Crippen LogP contribution >= 0.6 is 20.3 Å². The van der Waals surface area contributed by atoms with Crippen molar-refractivity contribution in [2.24, 2.45) is 17.8 Å². The van der Waals surface area contributed by atoms with Crippen LogP contribution in [0, 0.1) is 23.6 Å². The molecule has 4 heterocycles. The fourth-order valence-corrected chi connectivity index (χ4v) is 7.26. The van der Waals surface area contributed by atoms with E-state index in [1.54, 1.807) is 35.3 Å². The van der Waals surface area contributed by atoms with E-state index in [-0.39, 0.29) is 42.9 Å². The highest BCUT2D eigenvalue weighted by atomic mass is 35.5. The monoisotopic (exact) mass is 513 g/mol. The van der Waals surface area contributed by atoms with Gasteiger partial charge in [0.1, 0.15) is 10.7 Å². The van der Waals surface area contributed by atoms with E-state index >= 15 is 4.39 Å². The zero-order valence-corrected chi connectivity index (χ0v) is 20.2. The van der Waals surface area contributed by atoms with E-state index in [2.05, 4.69) is 30.0 Å². The van der Waals surface area contributed by atoms with Gasteiger partial charge in [-0.25, -0.2) is 19.9 Å². The number of rotatable bonds is 6. The Morgan fingerprint density at radius 1 is 1.17 bits per heavy atom. The summed E-state index contributed by atoms with van der Waals surface area (Å²) in [4.78, 5) is 32.6. The molecule has 3 fully saturated rings. The van der Waals surface area contributed by atoms with E-state index in [1.165, 1.54) is 6.20 Å². The predicted octanol–water partition coefficient (Wildman–Crippen LogP) is 4.89. The average molecular weight is 514 g/mol. The summed E-state index contributed by atoms with van der Waals surface area (Å²) in [7, 11) is 0.0211. The van der Waals surface area contributed by atoms with E-state index in [4.69, 9.17) is 11.6 Å². The molecule has 1 unspecified atom stereocenters. The molecule has 3 aliphatic carbocycles. The molecular weight excluding hydrogens is 492 g/mol. The third kappa shape index (κ3) is 3.94. The van der Waals surface area contributed by atoms with Crippen LogP contribution in [-0.2, 0) is 4.79 Å². The summed E-state index contributed by atoms with van der Waals surface area (Å²) < 4.78 is 17.2. The number of nitrogens with one attached hydrogen (secondary N) is 2. The zero-order chi connectivity index (χ0) is 24.1. The maximum absolute atomic E-state index is 15.7. The molecule has 4 aromatic rings. The number of H-pyrrole nitrogens is 1. The van der Waals surface area contributed by atoms with Crippen molar-refractivity contribution in [1.82, 2.24) is 29.5 Å². The number of nitrogens with zero attached hydrogens (tertiary/aromatic N) is 5. The molecule has 0 radical (unpaired) electrons. The van der Waals surface area contributed by atoms with Crippen molar-refractivity contribution in [1.29, 1.82) is 0 Å². The summed E-state index contributed by atoms with van der Waals surface area (Å²) in [5.41, 5.74) is 1.48. The molecule has 3 saturated carbocycles. The fraction of sp³-hybridized carbons (Fsp3) is 0.348. The predicted molar refractivity (Wildman–Crippen MR) is 132 cm³/mol. The highest BCUT2D eigenvalue weighted by Gasteiger charge is 2.47. The van der Waals surface area contributed by atoms with Gasteiger partial charge < -0.3 is 19.7 Å². The highest BCUT2D eigenvalue weighted by molar-refractivity contribution is 7.40. The molecule has 3 atom stereocenters. The molecular formula is C23H22ClFN7O2P. The second-order valence-electron chi connectivity index (χ2n) is 9.05. The number of hydrogen-bond donors (Lipinski definition) is 3. The highest BCUT2D eigenvalue weighted by Crippen LogP contribution is 2.52. The Balaban J connectivity index is 1.40. The fourth-order valence-electron chi connectivity index (χ4n) is 5.49. The average Bonchev–Trinajstić information content (AvgIpc) is 3.54. The minimum absolute atomic E-state index is 0.0211. The second-order valence-corrected chi connectivity index (χ2v) is 10.6. The van der Waals surface area contributed by atoms with E-state index in [9.17, 15) is 9.90 Å². The smallest absolute Gasteiger partial charge is 0.307 e. The van der Waals surface area contributed by atoms with Crippen LogP contribution in [0.25, 0.3) is 28.4 Å². The van der Waals surface area contributed by atoms with Crippen LogP contribution < -0.4 is 5.09 Å². The number of aromatic nitrogens is 6. The standard InChI is InChI=1S/C23H22ClFN7O2P/c24-14-10-27-21-17(28-14)13(9-26-21)19-29-20(16(25)22(30-19)32-7-1-2-8-32)31-35-18-12-5-3-11(4-6-12)15(18)23(33)34/h1-2,7-12,15,18,35H,3-6H2,(H,26,27)(H,33,34)(H,29,30,31)/t11?,12?,15-,18-/m0/s1. The largest absolute Gasteiger partial charge is 0.481 e. The van der Waals surface area contributed by atoms with Crippen molar-refractivity contribution in [2.45, 2.75) is 31.3 Å². The van der Waals surface area contributed by atoms with Gasteiger partial charge in [0.15, 0.2) is 23.1 Å². The van der Waals surface area contributed by atoms with Crippen molar-refractivity contribution in [2.75, 3.05) is 5.09 Å². The maximum Gasteiger partial charge on any atom is 0.307 e. The number of aliphatic carboxylic acids is 1. The lowest BCUT2D eigenvalue weighted by atomic mass is 9.64. The number of anilines is 1. The molecule has 9 nitrogen and oxygen atoms in total. The quantitative estimate of drug-likeness (QED) is 0.314. The molecule has 4 aromatic heterocycles. The SMILES string of the molecule is O=C(O)[C@H]1C2CCC(CC2)[C@@H]1PNc1nc(-c2c[nH]c3ncc(Cl)nc23)nc(-n2cccc2)c1F. The lowest BCUT2D eigenvalue weighted by Gasteiger charge is -2.46. The van der Waals surface area contributed by atoms with Crippen molar-refractivity contribution in [3.8, 4) is 17.2 Å². The van der Waals surface area contributed by atoms with E-state index in [0.717, 1.165) is 25.7 Å². The van der Waals surface area contributed by atoms with Crippen LogP contribution in [0.4, 0.5) is 10.2 Å². The van der Waals surface area contributed by atoms with Gasteiger partial charge in [-0.1, -0.05) is 11.6 Å². The topological polar surface area (TPSA) is 122 Å². The number of carbonyl (C=O) groups is 1. The lowest BCUT2D eigenvalue weighted by Crippen LogP contribution is -2.45. The van der Waals surface area contributed by atoms with Crippen LogP contribution in [0.1, 0.15) is 25.7 Å². The third-order valence-corrected chi connectivity index (χ3v) is 8.86. The molecule has 3 aliphatic rings. The van der Waals surface area contributed by atoms with Crippen LogP contribution in [0.2, 0.25) is 5.15 Å². The van der Waals surface area contributed by atoms with Gasteiger partial charge in [0.05, 0.1) is 17.7 Å². The van der Waals surface area contributed by atoms with Gasteiger partial charge in [-0.15, -0.1) is 0 Å². The van der Waals surface area contributed by atoms with Gasteiger partial charge in [-0.05, 0) is 58.4 Å². The summed E-state index contributed by atoms with van der Waals surface area (Å²) in [6.07, 6.45) is 10.5. The van der Waals surface area contributed by atoms with Crippen molar-refractivity contribution < 1.29 is 14.3 Å². The van der Waals surface area contributed by atoms with Gasteiger partial charge in [0.2, 0.25) is 5.82 Å².